The first-order valence-corrected chi connectivity index (χ1v) is 11.1. The number of rotatable bonds is 4. The lowest BCUT2D eigenvalue weighted by atomic mass is 9.82. The molecule has 0 N–H and O–H groups in total. The lowest BCUT2D eigenvalue weighted by Crippen LogP contribution is -2.69. The summed E-state index contributed by atoms with van der Waals surface area (Å²) in [4.78, 5) is 16.6. The van der Waals surface area contributed by atoms with Crippen LogP contribution >= 0.6 is 0 Å². The number of hydrogen-bond acceptors (Lipinski definition) is 5. The average molecular weight is 396 g/mol. The van der Waals surface area contributed by atoms with Crippen LogP contribution in [0.3, 0.4) is 0 Å². The molecule has 4 rings (SSSR count). The maximum atomic E-state index is 13.9. The van der Waals surface area contributed by atoms with Crippen LogP contribution in [0.15, 0.2) is 18.2 Å². The molecule has 0 bridgehead atoms. The Morgan fingerprint density at radius 3 is 2.63 bits per heavy atom. The molecule has 1 aromatic carbocycles. The number of amides is 1. The Hall–Kier alpha value is -1.67. The second-order valence-corrected chi connectivity index (χ2v) is 10.3. The predicted molar refractivity (Wildman–Crippen MR) is 99.2 cm³/mol. The summed E-state index contributed by atoms with van der Waals surface area (Å²) in [5, 5.41) is 0. The number of benzene rings is 1. The third-order valence-corrected chi connectivity index (χ3v) is 8.98. The molecular weight excluding hydrogens is 371 g/mol. The normalized spacial score (nSPS) is 26.3. The van der Waals surface area contributed by atoms with E-state index >= 15 is 0 Å². The van der Waals surface area contributed by atoms with E-state index in [1.54, 1.807) is 0 Å². The summed E-state index contributed by atoms with van der Waals surface area (Å²) in [7, 11) is -1.86. The highest BCUT2D eigenvalue weighted by Gasteiger charge is 2.62. The van der Waals surface area contributed by atoms with Crippen LogP contribution in [-0.2, 0) is 9.84 Å². The van der Waals surface area contributed by atoms with Crippen LogP contribution in [0.25, 0.3) is 0 Å². The van der Waals surface area contributed by atoms with Gasteiger partial charge in [-0.2, -0.15) is 0 Å². The van der Waals surface area contributed by atoms with Crippen LogP contribution < -0.4 is 4.74 Å². The quantitative estimate of drug-likeness (QED) is 0.773. The van der Waals surface area contributed by atoms with Gasteiger partial charge in [-0.15, -0.1) is 0 Å². The zero-order chi connectivity index (χ0) is 19.2. The van der Waals surface area contributed by atoms with Gasteiger partial charge in [0.05, 0.1) is 12.9 Å². The standard InChI is InChI=1S/C19H25FN2O4S/c1-26-17-5-4-14(10-16(17)20)18(23)22-12-19(13-22)15(6-9-27(19,24)25)11-21-7-2-3-8-21/h4-5,10,15H,2-3,6-9,11-13H2,1H3. The van der Waals surface area contributed by atoms with Gasteiger partial charge in [0.15, 0.2) is 21.4 Å². The molecule has 0 aliphatic carbocycles. The maximum Gasteiger partial charge on any atom is 0.254 e. The van der Waals surface area contributed by atoms with Crippen molar-refractivity contribution < 1.29 is 22.3 Å². The first-order chi connectivity index (χ1) is 12.9. The van der Waals surface area contributed by atoms with Gasteiger partial charge in [-0.05, 0) is 56.5 Å². The fourth-order valence-corrected chi connectivity index (χ4v) is 7.14. The van der Waals surface area contributed by atoms with Gasteiger partial charge in [-0.25, -0.2) is 12.8 Å². The van der Waals surface area contributed by atoms with Gasteiger partial charge in [-0.3, -0.25) is 4.79 Å². The maximum absolute atomic E-state index is 13.9. The van der Waals surface area contributed by atoms with Crippen molar-refractivity contribution in [2.24, 2.45) is 5.92 Å². The van der Waals surface area contributed by atoms with Crippen LogP contribution in [0.4, 0.5) is 4.39 Å². The second-order valence-electron chi connectivity index (χ2n) is 7.89. The monoisotopic (exact) mass is 396 g/mol. The molecular formula is C19H25FN2O4S. The van der Waals surface area contributed by atoms with E-state index in [9.17, 15) is 17.6 Å². The number of hydrogen-bond donors (Lipinski definition) is 0. The largest absolute Gasteiger partial charge is 0.494 e. The summed E-state index contributed by atoms with van der Waals surface area (Å²) in [6, 6.07) is 4.08. The molecule has 6 nitrogen and oxygen atoms in total. The Morgan fingerprint density at radius 2 is 2.00 bits per heavy atom. The first kappa shape index (κ1) is 18.7. The van der Waals surface area contributed by atoms with Gasteiger partial charge >= 0.3 is 0 Å². The lowest BCUT2D eigenvalue weighted by Gasteiger charge is -2.50. The fourth-order valence-electron chi connectivity index (χ4n) is 4.73. The molecule has 1 amide bonds. The zero-order valence-corrected chi connectivity index (χ0v) is 16.3. The lowest BCUT2D eigenvalue weighted by molar-refractivity contribution is 0.0432. The molecule has 0 radical (unpaired) electrons. The molecule has 1 unspecified atom stereocenters. The number of methoxy groups -OCH3 is 1. The molecule has 148 valence electrons. The summed E-state index contributed by atoms with van der Waals surface area (Å²) in [6.07, 6.45) is 3.00. The first-order valence-electron chi connectivity index (χ1n) is 9.44. The fraction of sp³-hybridized carbons (Fsp3) is 0.632. The molecule has 1 aromatic rings. The summed E-state index contributed by atoms with van der Waals surface area (Å²) >= 11 is 0. The third kappa shape index (κ3) is 3.02. The summed E-state index contributed by atoms with van der Waals surface area (Å²) in [5.41, 5.74) is 0.217. The van der Waals surface area contributed by atoms with Crippen LogP contribution in [0.2, 0.25) is 0 Å². The minimum atomic E-state index is -3.22. The van der Waals surface area contributed by atoms with Crippen LogP contribution in [0, 0.1) is 11.7 Å². The van der Waals surface area contributed by atoms with E-state index in [1.807, 2.05) is 0 Å². The summed E-state index contributed by atoms with van der Waals surface area (Å²) in [6.45, 7) is 3.26. The van der Waals surface area contributed by atoms with Gasteiger partial charge in [0.25, 0.3) is 5.91 Å². The Bertz CT molecular complexity index is 845. The van der Waals surface area contributed by atoms with Crippen molar-refractivity contribution in [3.8, 4) is 5.75 Å². The van der Waals surface area contributed by atoms with Crippen molar-refractivity contribution in [3.05, 3.63) is 29.6 Å². The van der Waals surface area contributed by atoms with Crippen molar-refractivity contribution in [1.82, 2.24) is 9.80 Å². The molecule has 3 fully saturated rings. The topological polar surface area (TPSA) is 66.9 Å². The summed E-state index contributed by atoms with van der Waals surface area (Å²) in [5.74, 6) is -0.582. The van der Waals surface area contributed by atoms with Crippen molar-refractivity contribution in [2.75, 3.05) is 45.6 Å². The van der Waals surface area contributed by atoms with Gasteiger partial charge in [-0.1, -0.05) is 0 Å². The molecule has 3 heterocycles. The van der Waals surface area contributed by atoms with E-state index in [0.717, 1.165) is 25.7 Å². The van der Waals surface area contributed by atoms with Crippen molar-refractivity contribution in [2.45, 2.75) is 24.0 Å². The molecule has 3 aliphatic heterocycles. The van der Waals surface area contributed by atoms with Crippen molar-refractivity contribution in [3.63, 3.8) is 0 Å². The van der Waals surface area contributed by atoms with Crippen molar-refractivity contribution >= 4 is 15.7 Å². The average Bonchev–Trinajstić information content (AvgIpc) is 3.19. The molecule has 1 atom stereocenters. The van der Waals surface area contributed by atoms with Crippen LogP contribution in [0.5, 0.6) is 5.75 Å². The van der Waals surface area contributed by atoms with E-state index in [1.165, 1.54) is 37.0 Å². The smallest absolute Gasteiger partial charge is 0.254 e. The SMILES string of the molecule is COc1ccc(C(=O)N2CC3(C2)C(CN2CCCC2)CCS3(=O)=O)cc1F. The molecule has 8 heteroatoms. The minimum absolute atomic E-state index is 0.0669. The van der Waals surface area contributed by atoms with Gasteiger partial charge in [0, 0.05) is 25.2 Å². The number of carbonyl (C=O) groups is 1. The predicted octanol–water partition coefficient (Wildman–Crippen LogP) is 1.56. The minimum Gasteiger partial charge on any atom is -0.494 e. The van der Waals surface area contributed by atoms with Crippen LogP contribution in [-0.4, -0.2) is 74.5 Å². The molecule has 0 saturated carbocycles. The summed E-state index contributed by atoms with van der Waals surface area (Å²) < 4.78 is 43.5. The van der Waals surface area contributed by atoms with E-state index in [0.29, 0.717) is 6.42 Å². The van der Waals surface area contributed by atoms with Gasteiger partial charge < -0.3 is 14.5 Å². The van der Waals surface area contributed by atoms with Crippen molar-refractivity contribution in [1.29, 1.82) is 0 Å². The Labute approximate surface area is 159 Å². The number of halogens is 1. The highest BCUT2D eigenvalue weighted by atomic mass is 32.2. The third-order valence-electron chi connectivity index (χ3n) is 6.38. The second kappa shape index (κ2) is 6.74. The molecule has 3 aliphatic rings. The van der Waals surface area contributed by atoms with Gasteiger partial charge in [0.1, 0.15) is 4.75 Å². The Balaban J connectivity index is 1.49. The Kier molecular flexibility index (Phi) is 4.66. The van der Waals surface area contributed by atoms with Crippen LogP contribution in [0.1, 0.15) is 29.6 Å². The number of sulfone groups is 1. The molecule has 0 aromatic heterocycles. The zero-order valence-electron chi connectivity index (χ0n) is 15.5. The number of carbonyl (C=O) groups excluding carboxylic acids is 1. The highest BCUT2D eigenvalue weighted by Crippen LogP contribution is 2.45. The highest BCUT2D eigenvalue weighted by molar-refractivity contribution is 7.93. The van der Waals surface area contributed by atoms with E-state index in [-0.39, 0.29) is 42.0 Å². The molecule has 1 spiro atoms. The number of ether oxygens (including phenoxy) is 1. The number of nitrogens with zero attached hydrogens (tertiary/aromatic N) is 2. The molecule has 27 heavy (non-hydrogen) atoms. The number of likely N-dealkylation sites (tertiary alicyclic amines) is 2. The van der Waals surface area contributed by atoms with Gasteiger partial charge in [0.2, 0.25) is 0 Å². The Morgan fingerprint density at radius 1 is 1.30 bits per heavy atom. The van der Waals surface area contributed by atoms with E-state index < -0.39 is 20.4 Å². The van der Waals surface area contributed by atoms with E-state index in [4.69, 9.17) is 4.74 Å². The molecule has 3 saturated heterocycles. The van der Waals surface area contributed by atoms with E-state index in [2.05, 4.69) is 4.90 Å².